The van der Waals surface area contributed by atoms with Crippen LogP contribution in [0.15, 0.2) is 42.5 Å². The third-order valence-electron chi connectivity index (χ3n) is 7.16. The third kappa shape index (κ3) is 6.59. The first-order valence-electron chi connectivity index (χ1n) is 13.5. The SMILES string of the molecule is COc1ccc(C(=O)N[C@H](CCCNC(=N)N)C(N)=O)cc1NC(=O)CN1C(=O)[C@@H]2CCCN2C(=O)c2ccccc21. The molecule has 0 radical (unpaired) electrons. The van der Waals surface area contributed by atoms with Crippen molar-refractivity contribution in [2.24, 2.45) is 11.5 Å². The molecule has 2 aromatic carbocycles. The molecule has 0 bridgehead atoms. The largest absolute Gasteiger partial charge is 0.495 e. The third-order valence-corrected chi connectivity index (χ3v) is 7.16. The Morgan fingerprint density at radius 2 is 1.90 bits per heavy atom. The van der Waals surface area contributed by atoms with Crippen molar-refractivity contribution in [3.8, 4) is 5.75 Å². The van der Waals surface area contributed by atoms with Gasteiger partial charge in [-0.2, -0.15) is 0 Å². The lowest BCUT2D eigenvalue weighted by Crippen LogP contribution is -2.47. The number of carbonyl (C=O) groups excluding carboxylic acids is 5. The fraction of sp³-hybridized carbons (Fsp3) is 0.357. The fourth-order valence-electron chi connectivity index (χ4n) is 5.11. The zero-order chi connectivity index (χ0) is 30.4. The first-order valence-corrected chi connectivity index (χ1v) is 13.5. The summed E-state index contributed by atoms with van der Waals surface area (Å²) in [5, 5.41) is 15.1. The molecule has 2 atom stereocenters. The molecule has 8 N–H and O–H groups in total. The number of para-hydroxylation sites is 1. The summed E-state index contributed by atoms with van der Waals surface area (Å²) in [4.78, 5) is 67.7. The first kappa shape index (κ1) is 29.8. The number of ether oxygens (including phenoxy) is 1. The summed E-state index contributed by atoms with van der Waals surface area (Å²) < 4.78 is 5.36. The van der Waals surface area contributed by atoms with Crippen LogP contribution in [0.4, 0.5) is 11.4 Å². The van der Waals surface area contributed by atoms with Crippen LogP contribution in [0.3, 0.4) is 0 Å². The van der Waals surface area contributed by atoms with Crippen LogP contribution in [0.2, 0.25) is 0 Å². The monoisotopic (exact) mass is 578 g/mol. The number of methoxy groups -OCH3 is 1. The van der Waals surface area contributed by atoms with Crippen LogP contribution in [-0.4, -0.2) is 79.2 Å². The van der Waals surface area contributed by atoms with Crippen LogP contribution in [0.25, 0.3) is 0 Å². The number of guanidine groups is 1. The predicted octanol–water partition coefficient (Wildman–Crippen LogP) is 0.132. The standard InChI is InChI=1S/C28H34N8O6/c1-42-22-11-10-16(25(39)34-18(24(29)38)7-4-12-32-28(30)31)14-19(22)33-23(37)15-36-20-8-3-2-6-17(20)26(40)35-13-5-9-21(35)27(36)41/h2-3,6,8,10-11,14,18,21H,4-5,7,9,12-13,15H2,1H3,(H2,29,38)(H,33,37)(H,34,39)(H4,30,31,32)/t18-,21+/m1/s1. The second-order valence-electron chi connectivity index (χ2n) is 9.97. The highest BCUT2D eigenvalue weighted by molar-refractivity contribution is 6.13. The molecule has 222 valence electrons. The molecule has 4 rings (SSSR count). The van der Waals surface area contributed by atoms with Crippen molar-refractivity contribution in [3.05, 3.63) is 53.6 Å². The van der Waals surface area contributed by atoms with Crippen molar-refractivity contribution < 1.29 is 28.7 Å². The number of fused-ring (bicyclic) bond motifs is 2. The molecule has 0 aromatic heterocycles. The van der Waals surface area contributed by atoms with Crippen LogP contribution in [-0.2, 0) is 14.4 Å². The number of hydrogen-bond acceptors (Lipinski definition) is 7. The van der Waals surface area contributed by atoms with Crippen LogP contribution in [0.5, 0.6) is 5.75 Å². The molecular weight excluding hydrogens is 544 g/mol. The average molecular weight is 579 g/mol. The van der Waals surface area contributed by atoms with Crippen LogP contribution in [0.1, 0.15) is 46.4 Å². The molecule has 14 nitrogen and oxygen atoms in total. The number of nitrogens with zero attached hydrogens (tertiary/aromatic N) is 2. The lowest BCUT2D eigenvalue weighted by Gasteiger charge is -2.25. The predicted molar refractivity (Wildman–Crippen MR) is 154 cm³/mol. The Kier molecular flexibility index (Phi) is 9.25. The van der Waals surface area contributed by atoms with E-state index in [4.69, 9.17) is 21.6 Å². The Balaban J connectivity index is 1.49. The Labute approximate surface area is 242 Å². The smallest absolute Gasteiger partial charge is 0.256 e. The summed E-state index contributed by atoms with van der Waals surface area (Å²) in [6.45, 7) is 0.428. The zero-order valence-corrected chi connectivity index (χ0v) is 23.1. The van der Waals surface area contributed by atoms with E-state index in [0.717, 1.165) is 0 Å². The van der Waals surface area contributed by atoms with Gasteiger partial charge in [-0.15, -0.1) is 0 Å². The molecule has 1 fully saturated rings. The number of anilines is 2. The van der Waals surface area contributed by atoms with Gasteiger partial charge in [0, 0.05) is 18.7 Å². The van der Waals surface area contributed by atoms with Crippen molar-refractivity contribution in [1.82, 2.24) is 15.5 Å². The molecule has 0 aliphatic carbocycles. The Morgan fingerprint density at radius 1 is 1.14 bits per heavy atom. The molecule has 1 saturated heterocycles. The number of hydrogen-bond donors (Lipinski definition) is 6. The van der Waals surface area contributed by atoms with Gasteiger partial charge in [-0.3, -0.25) is 29.4 Å². The van der Waals surface area contributed by atoms with Gasteiger partial charge in [-0.25, -0.2) is 0 Å². The zero-order valence-electron chi connectivity index (χ0n) is 23.1. The Hall–Kier alpha value is -5.14. The maximum absolute atomic E-state index is 13.5. The van der Waals surface area contributed by atoms with E-state index in [0.29, 0.717) is 43.6 Å². The van der Waals surface area contributed by atoms with E-state index in [2.05, 4.69) is 16.0 Å². The van der Waals surface area contributed by atoms with Crippen LogP contribution in [0, 0.1) is 5.41 Å². The van der Waals surface area contributed by atoms with E-state index < -0.39 is 29.8 Å². The van der Waals surface area contributed by atoms with E-state index >= 15 is 0 Å². The van der Waals surface area contributed by atoms with Gasteiger partial charge in [0.05, 0.1) is 24.0 Å². The molecule has 0 spiro atoms. The summed E-state index contributed by atoms with van der Waals surface area (Å²) in [5.41, 5.74) is 11.7. The van der Waals surface area contributed by atoms with Gasteiger partial charge in [-0.1, -0.05) is 12.1 Å². The first-order chi connectivity index (χ1) is 20.1. The summed E-state index contributed by atoms with van der Waals surface area (Å²) in [6.07, 6.45) is 1.84. The van der Waals surface area contributed by atoms with E-state index in [-0.39, 0.29) is 47.7 Å². The van der Waals surface area contributed by atoms with Gasteiger partial charge in [0.25, 0.3) is 11.8 Å². The Morgan fingerprint density at radius 3 is 2.62 bits per heavy atom. The maximum Gasteiger partial charge on any atom is 0.256 e. The number of primary amides is 1. The minimum Gasteiger partial charge on any atom is -0.495 e. The van der Waals surface area contributed by atoms with E-state index in [1.165, 1.54) is 30.2 Å². The van der Waals surface area contributed by atoms with E-state index in [1.807, 2.05) is 0 Å². The minimum atomic E-state index is -0.974. The normalized spacial score (nSPS) is 16.5. The summed E-state index contributed by atoms with van der Waals surface area (Å²) >= 11 is 0. The van der Waals surface area contributed by atoms with Gasteiger partial charge >= 0.3 is 0 Å². The van der Waals surface area contributed by atoms with Gasteiger partial charge in [-0.05, 0) is 56.0 Å². The summed E-state index contributed by atoms with van der Waals surface area (Å²) in [5.74, 6) is -2.42. The number of rotatable bonds is 11. The minimum absolute atomic E-state index is 0.127. The molecule has 2 heterocycles. The fourth-order valence-corrected chi connectivity index (χ4v) is 5.11. The van der Waals surface area contributed by atoms with Gasteiger partial charge < -0.3 is 42.0 Å². The highest BCUT2D eigenvalue weighted by Crippen LogP contribution is 2.32. The molecule has 14 heteroatoms. The average Bonchev–Trinajstić information content (AvgIpc) is 3.44. The van der Waals surface area contributed by atoms with Crippen LogP contribution >= 0.6 is 0 Å². The molecule has 0 unspecified atom stereocenters. The van der Waals surface area contributed by atoms with E-state index in [1.54, 1.807) is 29.2 Å². The molecule has 2 aliphatic heterocycles. The number of amides is 5. The Bertz CT molecular complexity index is 1410. The van der Waals surface area contributed by atoms with Gasteiger partial charge in [0.15, 0.2) is 5.96 Å². The van der Waals surface area contributed by atoms with E-state index in [9.17, 15) is 24.0 Å². The second-order valence-corrected chi connectivity index (χ2v) is 9.97. The second kappa shape index (κ2) is 13.0. The van der Waals surface area contributed by atoms with Crippen molar-refractivity contribution >= 4 is 46.9 Å². The molecule has 2 aliphatic rings. The highest BCUT2D eigenvalue weighted by Gasteiger charge is 2.42. The number of carbonyl (C=O) groups is 5. The van der Waals surface area contributed by atoms with Gasteiger partial charge in [0.1, 0.15) is 24.4 Å². The van der Waals surface area contributed by atoms with Crippen LogP contribution < -0.4 is 37.1 Å². The summed E-state index contributed by atoms with van der Waals surface area (Å²) in [7, 11) is 1.40. The van der Waals surface area contributed by atoms with Crippen molar-refractivity contribution in [3.63, 3.8) is 0 Å². The van der Waals surface area contributed by atoms with Crippen molar-refractivity contribution in [2.45, 2.75) is 37.8 Å². The molecule has 42 heavy (non-hydrogen) atoms. The highest BCUT2D eigenvalue weighted by atomic mass is 16.5. The number of nitrogens with one attached hydrogen (secondary N) is 4. The number of benzene rings is 2. The lowest BCUT2D eigenvalue weighted by molar-refractivity contribution is -0.124. The maximum atomic E-state index is 13.5. The molecule has 5 amide bonds. The van der Waals surface area contributed by atoms with Gasteiger partial charge in [0.2, 0.25) is 17.7 Å². The molecule has 0 saturated carbocycles. The summed E-state index contributed by atoms with van der Waals surface area (Å²) in [6, 6.07) is 9.42. The van der Waals surface area contributed by atoms with Crippen molar-refractivity contribution in [2.75, 3.05) is 37.0 Å². The molecular formula is C28H34N8O6. The number of nitrogens with two attached hydrogens (primary N) is 2. The van der Waals surface area contributed by atoms with Crippen molar-refractivity contribution in [1.29, 1.82) is 5.41 Å². The lowest BCUT2D eigenvalue weighted by atomic mass is 10.1. The topological polar surface area (TPSA) is 213 Å². The molecule has 2 aromatic rings. The quantitative estimate of drug-likeness (QED) is 0.122.